The van der Waals surface area contributed by atoms with Crippen molar-refractivity contribution in [1.82, 2.24) is 25.0 Å². The first-order valence-corrected chi connectivity index (χ1v) is 10.6. The molecule has 28 heavy (non-hydrogen) atoms. The van der Waals surface area contributed by atoms with Gasteiger partial charge in [-0.05, 0) is 31.6 Å². The quantitative estimate of drug-likeness (QED) is 0.138. The van der Waals surface area contributed by atoms with E-state index in [4.69, 9.17) is 21.4 Å². The minimum Gasteiger partial charge on any atom is -0.692 e. The number of nitrogens with zero attached hydrogens (tertiary/aromatic N) is 5. The van der Waals surface area contributed by atoms with Crippen LogP contribution in [0.5, 0.6) is 0 Å². The van der Waals surface area contributed by atoms with Gasteiger partial charge in [-0.1, -0.05) is 35.5 Å². The number of aromatic nitrogens is 5. The van der Waals surface area contributed by atoms with Gasteiger partial charge in [0, 0.05) is 5.75 Å². The van der Waals surface area contributed by atoms with E-state index in [9.17, 15) is 5.26 Å². The molecular formula is C16H23ClN5O5S-. The lowest BCUT2D eigenvalue weighted by atomic mass is 10.0. The number of hydrogen-bond acceptors (Lipinski definition) is 10. The van der Waals surface area contributed by atoms with Gasteiger partial charge in [0.25, 0.3) is 0 Å². The lowest BCUT2D eigenvalue weighted by molar-refractivity contribution is -0.800. The summed E-state index contributed by atoms with van der Waals surface area (Å²) in [6.45, 7) is 2.49. The Hall–Kier alpha value is -1.08. The van der Waals surface area contributed by atoms with Crippen molar-refractivity contribution in [3.05, 3.63) is 5.15 Å². The highest BCUT2D eigenvalue weighted by atomic mass is 35.5. The number of hydrogen-bond donors (Lipinski definition) is 1. The third kappa shape index (κ3) is 5.09. The van der Waals surface area contributed by atoms with Gasteiger partial charge in [0.2, 0.25) is 0 Å². The van der Waals surface area contributed by atoms with Crippen LogP contribution in [0.3, 0.4) is 0 Å². The van der Waals surface area contributed by atoms with E-state index < -0.39 is 0 Å². The molecular weight excluding hydrogens is 410 g/mol. The van der Waals surface area contributed by atoms with Crippen molar-refractivity contribution in [3.63, 3.8) is 0 Å². The van der Waals surface area contributed by atoms with Crippen LogP contribution >= 0.6 is 23.4 Å². The van der Waals surface area contributed by atoms with Gasteiger partial charge in [-0.3, -0.25) is 5.04 Å². The van der Waals surface area contributed by atoms with Crippen LogP contribution in [0.4, 0.5) is 0 Å². The van der Waals surface area contributed by atoms with E-state index in [1.54, 1.807) is 4.68 Å². The predicted molar refractivity (Wildman–Crippen MR) is 99.4 cm³/mol. The molecule has 0 spiro atoms. The molecule has 2 aromatic heterocycles. The van der Waals surface area contributed by atoms with Crippen LogP contribution in [0.2, 0.25) is 5.15 Å². The van der Waals surface area contributed by atoms with Crippen molar-refractivity contribution in [3.8, 4) is 0 Å². The number of aliphatic hydroxyl groups excluding tert-OH is 1. The first-order valence-electron chi connectivity index (χ1n) is 9.23. The van der Waals surface area contributed by atoms with Crippen molar-refractivity contribution in [2.75, 3.05) is 25.6 Å². The van der Waals surface area contributed by atoms with Crippen molar-refractivity contribution < 1.29 is 25.0 Å². The standard InChI is InChI=1S/C16H24ClN5O5S/c1-2-7-28-16-18-14(17)13-15(19-16)22(21-20-13)12-9-11(25-6-4-23)8-10(12)3-5-26-27-24/h10-12,23-24H,2-9H2,1H3/p-1/t10?,11-,12-/m1/s1. The van der Waals surface area contributed by atoms with Crippen molar-refractivity contribution in [2.24, 2.45) is 5.92 Å². The van der Waals surface area contributed by atoms with Crippen LogP contribution in [0.25, 0.3) is 11.2 Å². The topological polar surface area (TPSA) is 127 Å². The summed E-state index contributed by atoms with van der Waals surface area (Å²) in [6.07, 6.45) is 2.97. The lowest BCUT2D eigenvalue weighted by Gasteiger charge is -2.19. The van der Waals surface area contributed by atoms with Crippen LogP contribution in [0.15, 0.2) is 5.16 Å². The summed E-state index contributed by atoms with van der Waals surface area (Å²) in [5.41, 5.74) is 1.04. The summed E-state index contributed by atoms with van der Waals surface area (Å²) in [5, 5.41) is 31.9. The molecule has 1 fully saturated rings. The third-order valence-corrected chi connectivity index (χ3v) is 6.01. The maximum absolute atomic E-state index is 10.1. The fourth-order valence-electron chi connectivity index (χ4n) is 3.51. The van der Waals surface area contributed by atoms with E-state index in [1.165, 1.54) is 11.8 Å². The second-order valence-electron chi connectivity index (χ2n) is 6.55. The van der Waals surface area contributed by atoms with E-state index in [0.717, 1.165) is 18.6 Å². The molecule has 12 heteroatoms. The molecule has 10 nitrogen and oxygen atoms in total. The van der Waals surface area contributed by atoms with E-state index in [2.05, 4.69) is 37.1 Å². The summed E-state index contributed by atoms with van der Waals surface area (Å²) in [6, 6.07) is -0.0565. The largest absolute Gasteiger partial charge is 0.692 e. The second kappa shape index (κ2) is 10.6. The van der Waals surface area contributed by atoms with Crippen LogP contribution < -0.4 is 5.26 Å². The predicted octanol–water partition coefficient (Wildman–Crippen LogP) is 1.32. The zero-order valence-electron chi connectivity index (χ0n) is 15.5. The SMILES string of the molecule is CCCSc1nc(Cl)c2nnn([C@@H]3C[C@H](OCCO)CC3CCOO[O-])c2n1. The first kappa shape index (κ1) is 21.6. The Morgan fingerprint density at radius 1 is 1.32 bits per heavy atom. The van der Waals surface area contributed by atoms with Gasteiger partial charge < -0.3 is 15.1 Å². The molecule has 1 N–H and O–H groups in total. The molecule has 2 heterocycles. The van der Waals surface area contributed by atoms with Gasteiger partial charge in [-0.2, -0.15) is 0 Å². The number of aliphatic hydroxyl groups is 1. The lowest BCUT2D eigenvalue weighted by Crippen LogP contribution is -2.18. The van der Waals surface area contributed by atoms with Crippen molar-refractivity contribution >= 4 is 34.5 Å². The molecule has 0 aliphatic heterocycles. The molecule has 1 aliphatic carbocycles. The molecule has 0 aromatic carbocycles. The molecule has 0 saturated heterocycles. The maximum atomic E-state index is 10.1. The highest BCUT2D eigenvalue weighted by molar-refractivity contribution is 7.99. The Morgan fingerprint density at radius 2 is 2.18 bits per heavy atom. The highest BCUT2D eigenvalue weighted by Gasteiger charge is 2.38. The van der Waals surface area contributed by atoms with E-state index in [-0.39, 0.29) is 43.0 Å². The van der Waals surface area contributed by atoms with Gasteiger partial charge in [-0.25, -0.2) is 19.5 Å². The number of thioether (sulfide) groups is 1. The number of fused-ring (bicyclic) bond motifs is 1. The molecule has 0 amide bonds. The van der Waals surface area contributed by atoms with Gasteiger partial charge in [-0.15, -0.1) is 5.10 Å². The second-order valence-corrected chi connectivity index (χ2v) is 7.97. The minimum absolute atomic E-state index is 0.0356. The maximum Gasteiger partial charge on any atom is 0.191 e. The average molecular weight is 433 g/mol. The van der Waals surface area contributed by atoms with E-state index >= 15 is 0 Å². The summed E-state index contributed by atoms with van der Waals surface area (Å²) in [7, 11) is 0. The fraction of sp³-hybridized carbons (Fsp3) is 0.750. The summed E-state index contributed by atoms with van der Waals surface area (Å²) >= 11 is 7.83. The van der Waals surface area contributed by atoms with Crippen molar-refractivity contribution in [2.45, 2.75) is 49.9 Å². The Bertz CT molecular complexity index is 766. The highest BCUT2D eigenvalue weighted by Crippen LogP contribution is 2.40. The Labute approximate surface area is 171 Å². The average Bonchev–Trinajstić information content (AvgIpc) is 3.29. The van der Waals surface area contributed by atoms with Crippen LogP contribution in [-0.4, -0.2) is 61.7 Å². The number of halogens is 1. The minimum atomic E-state index is -0.0565. The Balaban J connectivity index is 1.87. The van der Waals surface area contributed by atoms with Gasteiger partial charge in [0.1, 0.15) is 0 Å². The van der Waals surface area contributed by atoms with E-state index in [0.29, 0.717) is 29.2 Å². The summed E-state index contributed by atoms with van der Waals surface area (Å²) < 4.78 is 7.49. The van der Waals surface area contributed by atoms with Gasteiger partial charge in [0.15, 0.2) is 21.5 Å². The normalized spacial score (nSPS) is 22.4. The number of rotatable bonds is 11. The Morgan fingerprint density at radius 3 is 2.93 bits per heavy atom. The summed E-state index contributed by atoms with van der Waals surface area (Å²) in [4.78, 5) is 13.4. The zero-order chi connectivity index (χ0) is 19.9. The molecule has 156 valence electrons. The molecule has 1 saturated carbocycles. The molecule has 1 unspecified atom stereocenters. The van der Waals surface area contributed by atoms with Gasteiger partial charge >= 0.3 is 0 Å². The summed E-state index contributed by atoms with van der Waals surface area (Å²) in [5.74, 6) is 1.00. The molecule has 3 rings (SSSR count). The molecule has 0 bridgehead atoms. The van der Waals surface area contributed by atoms with Crippen molar-refractivity contribution in [1.29, 1.82) is 0 Å². The molecule has 0 radical (unpaired) electrons. The molecule has 2 aromatic rings. The number of ether oxygens (including phenoxy) is 1. The fourth-order valence-corrected chi connectivity index (χ4v) is 4.46. The van der Waals surface area contributed by atoms with Crippen LogP contribution in [0, 0.1) is 5.92 Å². The zero-order valence-corrected chi connectivity index (χ0v) is 17.1. The molecule has 1 aliphatic rings. The van der Waals surface area contributed by atoms with Gasteiger partial charge in [0.05, 0.1) is 32.0 Å². The smallest absolute Gasteiger partial charge is 0.191 e. The first-order chi connectivity index (χ1) is 13.7. The van der Waals surface area contributed by atoms with E-state index in [1.807, 2.05) is 0 Å². The molecule has 3 atom stereocenters. The van der Waals surface area contributed by atoms with Crippen LogP contribution in [-0.2, 0) is 14.7 Å². The monoisotopic (exact) mass is 432 g/mol. The van der Waals surface area contributed by atoms with Crippen LogP contribution in [0.1, 0.15) is 38.6 Å². The Kier molecular flexibility index (Phi) is 8.21. The third-order valence-electron chi connectivity index (χ3n) is 4.69.